The smallest absolute Gasteiger partial charge is 0.242 e. The molecule has 3 aromatic heterocycles. The number of aryl methyl sites for hydroxylation is 1. The predicted molar refractivity (Wildman–Crippen MR) is 101 cm³/mol. The molecule has 4 heterocycles. The minimum atomic E-state index is -0.138. The number of aromatic nitrogens is 4. The molecule has 0 aromatic carbocycles. The van der Waals surface area contributed by atoms with Crippen LogP contribution in [-0.4, -0.2) is 38.7 Å². The molecule has 1 aliphatic heterocycles. The average Bonchev–Trinajstić information content (AvgIpc) is 3.27. The summed E-state index contributed by atoms with van der Waals surface area (Å²) >= 11 is 0. The second-order valence-corrected chi connectivity index (χ2v) is 7.20. The molecule has 1 aliphatic rings. The molecule has 3 aromatic rings. The van der Waals surface area contributed by atoms with E-state index in [-0.39, 0.29) is 12.5 Å². The number of furan rings is 1. The van der Waals surface area contributed by atoms with Gasteiger partial charge < -0.3 is 14.6 Å². The van der Waals surface area contributed by atoms with E-state index in [1.54, 1.807) is 17.2 Å². The summed E-state index contributed by atoms with van der Waals surface area (Å²) in [7, 11) is 0. The molecule has 1 fully saturated rings. The van der Waals surface area contributed by atoms with Gasteiger partial charge in [-0.3, -0.25) is 4.79 Å². The average molecular weight is 368 g/mol. The van der Waals surface area contributed by atoms with Gasteiger partial charge in [0, 0.05) is 13.1 Å². The van der Waals surface area contributed by atoms with Gasteiger partial charge in [-0.2, -0.15) is 5.10 Å². The summed E-state index contributed by atoms with van der Waals surface area (Å²) in [6.07, 6.45) is 5.63. The van der Waals surface area contributed by atoms with Crippen LogP contribution >= 0.6 is 0 Å². The van der Waals surface area contributed by atoms with Crippen LogP contribution in [0.3, 0.4) is 0 Å². The highest BCUT2D eigenvalue weighted by molar-refractivity contribution is 5.87. The molecule has 8 nitrogen and oxygen atoms in total. The number of hydrogen-bond donors (Lipinski definition) is 1. The summed E-state index contributed by atoms with van der Waals surface area (Å²) < 4.78 is 7.09. The maximum atomic E-state index is 12.3. The van der Waals surface area contributed by atoms with Crippen molar-refractivity contribution < 1.29 is 9.21 Å². The standard InChI is InChI=1S/C19H24N6O2/c1-13-5-7-24(8-6-13)18-16-10-23-25(19(16)22-12-21-18)11-17(26)20-9-15-4-3-14(2)27-15/h3-4,10,12-13H,5-9,11H2,1-2H3,(H,20,26). The molecule has 0 aliphatic carbocycles. The van der Waals surface area contributed by atoms with Gasteiger partial charge in [-0.05, 0) is 37.8 Å². The molecule has 1 amide bonds. The third kappa shape index (κ3) is 3.79. The molecule has 27 heavy (non-hydrogen) atoms. The quantitative estimate of drug-likeness (QED) is 0.743. The van der Waals surface area contributed by atoms with Crippen molar-refractivity contribution in [3.05, 3.63) is 36.2 Å². The number of amides is 1. The topological polar surface area (TPSA) is 89.1 Å². The fraction of sp³-hybridized carbons (Fsp3) is 0.474. The van der Waals surface area contributed by atoms with Crippen LogP contribution in [0.15, 0.2) is 29.1 Å². The van der Waals surface area contributed by atoms with E-state index in [9.17, 15) is 4.79 Å². The molecule has 0 bridgehead atoms. The van der Waals surface area contributed by atoms with Crippen molar-refractivity contribution in [3.63, 3.8) is 0 Å². The van der Waals surface area contributed by atoms with Crippen LogP contribution in [0.5, 0.6) is 0 Å². The van der Waals surface area contributed by atoms with E-state index in [4.69, 9.17) is 4.42 Å². The Balaban J connectivity index is 1.46. The van der Waals surface area contributed by atoms with Crippen molar-refractivity contribution in [1.82, 2.24) is 25.1 Å². The first-order valence-electron chi connectivity index (χ1n) is 9.33. The zero-order valence-electron chi connectivity index (χ0n) is 15.7. The fourth-order valence-electron chi connectivity index (χ4n) is 3.43. The van der Waals surface area contributed by atoms with Crippen molar-refractivity contribution >= 4 is 22.8 Å². The van der Waals surface area contributed by atoms with E-state index >= 15 is 0 Å². The molecular weight excluding hydrogens is 344 g/mol. The zero-order valence-corrected chi connectivity index (χ0v) is 15.7. The van der Waals surface area contributed by atoms with E-state index in [0.717, 1.165) is 54.6 Å². The third-order valence-electron chi connectivity index (χ3n) is 5.04. The Morgan fingerprint density at radius 3 is 2.85 bits per heavy atom. The van der Waals surface area contributed by atoms with Gasteiger partial charge in [-0.15, -0.1) is 0 Å². The number of carbonyl (C=O) groups excluding carboxylic acids is 1. The van der Waals surface area contributed by atoms with Crippen LogP contribution in [0.1, 0.15) is 31.3 Å². The SMILES string of the molecule is Cc1ccc(CNC(=O)Cn2ncc3c(N4CCC(C)CC4)ncnc32)o1. The minimum Gasteiger partial charge on any atom is -0.465 e. The maximum absolute atomic E-state index is 12.3. The Kier molecular flexibility index (Phi) is 4.79. The summed E-state index contributed by atoms with van der Waals surface area (Å²) in [5.41, 5.74) is 0.683. The van der Waals surface area contributed by atoms with E-state index < -0.39 is 0 Å². The summed E-state index contributed by atoms with van der Waals surface area (Å²) in [5.74, 6) is 3.08. The number of carbonyl (C=O) groups is 1. The molecular formula is C19H24N6O2. The van der Waals surface area contributed by atoms with Gasteiger partial charge in [0.1, 0.15) is 30.2 Å². The molecule has 1 N–H and O–H groups in total. The molecule has 0 unspecified atom stereocenters. The lowest BCUT2D eigenvalue weighted by atomic mass is 9.99. The highest BCUT2D eigenvalue weighted by Crippen LogP contribution is 2.27. The van der Waals surface area contributed by atoms with E-state index in [1.807, 2.05) is 19.1 Å². The predicted octanol–water partition coefficient (Wildman–Crippen LogP) is 2.28. The lowest BCUT2D eigenvalue weighted by Crippen LogP contribution is -2.33. The molecule has 0 atom stereocenters. The summed E-state index contributed by atoms with van der Waals surface area (Å²) in [6.45, 7) is 6.60. The van der Waals surface area contributed by atoms with Gasteiger partial charge in [0.2, 0.25) is 5.91 Å². The molecule has 0 radical (unpaired) electrons. The van der Waals surface area contributed by atoms with Crippen molar-refractivity contribution in [3.8, 4) is 0 Å². The molecule has 142 valence electrons. The van der Waals surface area contributed by atoms with Gasteiger partial charge in [-0.1, -0.05) is 6.92 Å². The van der Waals surface area contributed by atoms with Gasteiger partial charge in [-0.25, -0.2) is 14.6 Å². The van der Waals surface area contributed by atoms with Gasteiger partial charge >= 0.3 is 0 Å². The third-order valence-corrected chi connectivity index (χ3v) is 5.04. The van der Waals surface area contributed by atoms with E-state index in [1.165, 1.54) is 0 Å². The van der Waals surface area contributed by atoms with Crippen molar-refractivity contribution in [2.24, 2.45) is 5.92 Å². The van der Waals surface area contributed by atoms with Crippen LogP contribution in [0.4, 0.5) is 5.82 Å². The highest BCUT2D eigenvalue weighted by Gasteiger charge is 2.21. The van der Waals surface area contributed by atoms with Crippen molar-refractivity contribution in [1.29, 1.82) is 0 Å². The molecule has 0 saturated carbocycles. The Morgan fingerprint density at radius 2 is 2.11 bits per heavy atom. The van der Waals surface area contributed by atoms with Gasteiger partial charge in [0.15, 0.2) is 5.65 Å². The number of anilines is 1. The Bertz CT molecular complexity index is 939. The van der Waals surface area contributed by atoms with E-state index in [0.29, 0.717) is 12.2 Å². The van der Waals surface area contributed by atoms with Gasteiger partial charge in [0.05, 0.1) is 18.1 Å². The number of nitrogens with zero attached hydrogens (tertiary/aromatic N) is 5. The Labute approximate surface area is 157 Å². The van der Waals surface area contributed by atoms with Crippen molar-refractivity contribution in [2.45, 2.75) is 39.8 Å². The van der Waals surface area contributed by atoms with E-state index in [2.05, 4.69) is 32.2 Å². The first-order chi connectivity index (χ1) is 13.1. The zero-order chi connectivity index (χ0) is 18.8. The number of nitrogens with one attached hydrogen (secondary N) is 1. The monoisotopic (exact) mass is 368 g/mol. The Morgan fingerprint density at radius 1 is 1.30 bits per heavy atom. The second kappa shape index (κ2) is 7.38. The normalized spacial score (nSPS) is 15.4. The second-order valence-electron chi connectivity index (χ2n) is 7.20. The van der Waals surface area contributed by atoms with Crippen LogP contribution in [-0.2, 0) is 17.9 Å². The molecule has 4 rings (SSSR count). The van der Waals surface area contributed by atoms with Crippen LogP contribution in [0.2, 0.25) is 0 Å². The molecule has 1 saturated heterocycles. The summed E-state index contributed by atoms with van der Waals surface area (Å²) in [4.78, 5) is 23.4. The number of rotatable bonds is 5. The lowest BCUT2D eigenvalue weighted by molar-refractivity contribution is -0.122. The first-order valence-corrected chi connectivity index (χ1v) is 9.33. The summed E-state index contributed by atoms with van der Waals surface area (Å²) in [6, 6.07) is 3.74. The van der Waals surface area contributed by atoms with Crippen LogP contribution < -0.4 is 10.2 Å². The number of fused-ring (bicyclic) bond motifs is 1. The van der Waals surface area contributed by atoms with Gasteiger partial charge in [0.25, 0.3) is 0 Å². The maximum Gasteiger partial charge on any atom is 0.242 e. The fourth-order valence-corrected chi connectivity index (χ4v) is 3.43. The molecule has 8 heteroatoms. The van der Waals surface area contributed by atoms with Crippen LogP contribution in [0.25, 0.3) is 11.0 Å². The van der Waals surface area contributed by atoms with Crippen LogP contribution in [0, 0.1) is 12.8 Å². The first kappa shape index (κ1) is 17.5. The largest absolute Gasteiger partial charge is 0.465 e. The number of piperidine rings is 1. The summed E-state index contributed by atoms with van der Waals surface area (Å²) in [5, 5.41) is 8.11. The lowest BCUT2D eigenvalue weighted by Gasteiger charge is -2.31. The number of hydrogen-bond acceptors (Lipinski definition) is 6. The Hall–Kier alpha value is -2.90. The van der Waals surface area contributed by atoms with Crippen molar-refractivity contribution in [2.75, 3.05) is 18.0 Å². The minimum absolute atomic E-state index is 0.108. The highest BCUT2D eigenvalue weighted by atomic mass is 16.3. The molecule has 0 spiro atoms.